The fourth-order valence-corrected chi connectivity index (χ4v) is 2.70. The van der Waals surface area contributed by atoms with Crippen LogP contribution in [0.2, 0.25) is 0 Å². The van der Waals surface area contributed by atoms with Crippen LogP contribution in [0.4, 0.5) is 0 Å². The maximum Gasteiger partial charge on any atom is 0.243 e. The summed E-state index contributed by atoms with van der Waals surface area (Å²) in [5.74, 6) is -1.66. The third kappa shape index (κ3) is 8.49. The second kappa shape index (κ2) is 12.0. The first-order valence-electron chi connectivity index (χ1n) is 9.79. The monoisotopic (exact) mass is 407 g/mol. The largest absolute Gasteiger partial charge is 0.508 e. The fourth-order valence-electron chi connectivity index (χ4n) is 2.70. The van der Waals surface area contributed by atoms with E-state index >= 15 is 0 Å². The second-order valence-electron chi connectivity index (χ2n) is 7.45. The number of phenolic OH excluding ortho intramolecular Hbond substituents is 1. The Hall–Kier alpha value is -2.65. The van der Waals surface area contributed by atoms with Crippen LogP contribution in [0.3, 0.4) is 0 Å². The Balaban J connectivity index is 2.94. The molecule has 0 spiro atoms. The Morgan fingerprint density at radius 2 is 1.59 bits per heavy atom. The SMILES string of the molecule is CC(C)[C@H](N)C(=O)N[C@@H](Cc1ccc(O)cc1)C(=O)N[C@@H](CCCCN)C(N)=O. The number of phenols is 1. The maximum atomic E-state index is 12.8. The van der Waals surface area contributed by atoms with E-state index < -0.39 is 35.8 Å². The molecular formula is C20H33N5O4. The van der Waals surface area contributed by atoms with Crippen molar-refractivity contribution < 1.29 is 19.5 Å². The smallest absolute Gasteiger partial charge is 0.243 e. The van der Waals surface area contributed by atoms with Gasteiger partial charge in [-0.05, 0) is 49.4 Å². The number of carbonyl (C=O) groups is 3. The second-order valence-corrected chi connectivity index (χ2v) is 7.45. The number of amides is 3. The van der Waals surface area contributed by atoms with E-state index in [1.165, 1.54) is 12.1 Å². The van der Waals surface area contributed by atoms with E-state index in [-0.39, 0.29) is 18.1 Å². The number of hydrogen-bond acceptors (Lipinski definition) is 6. The molecule has 9 N–H and O–H groups in total. The first-order valence-corrected chi connectivity index (χ1v) is 9.79. The zero-order chi connectivity index (χ0) is 22.0. The Kier molecular flexibility index (Phi) is 10.1. The number of unbranched alkanes of at least 4 members (excludes halogenated alkanes) is 1. The fraction of sp³-hybridized carbons (Fsp3) is 0.550. The zero-order valence-corrected chi connectivity index (χ0v) is 17.1. The first kappa shape index (κ1) is 24.4. The molecule has 0 aromatic heterocycles. The van der Waals surface area contributed by atoms with Crippen molar-refractivity contribution in [1.82, 2.24) is 10.6 Å². The van der Waals surface area contributed by atoms with Gasteiger partial charge in [0.25, 0.3) is 0 Å². The van der Waals surface area contributed by atoms with Gasteiger partial charge in [0.15, 0.2) is 0 Å². The highest BCUT2D eigenvalue weighted by molar-refractivity contribution is 5.92. The Labute approximate surface area is 171 Å². The lowest BCUT2D eigenvalue weighted by Gasteiger charge is -2.24. The van der Waals surface area contributed by atoms with Gasteiger partial charge in [0.05, 0.1) is 6.04 Å². The molecule has 0 unspecified atom stereocenters. The molecule has 0 aliphatic heterocycles. The van der Waals surface area contributed by atoms with Crippen molar-refractivity contribution in [1.29, 1.82) is 0 Å². The van der Waals surface area contributed by atoms with Gasteiger partial charge in [0, 0.05) is 6.42 Å². The van der Waals surface area contributed by atoms with Gasteiger partial charge in [-0.3, -0.25) is 14.4 Å². The van der Waals surface area contributed by atoms with E-state index in [2.05, 4.69) is 10.6 Å². The molecule has 0 aliphatic rings. The van der Waals surface area contributed by atoms with Crippen LogP contribution in [0.5, 0.6) is 5.75 Å². The molecule has 0 heterocycles. The van der Waals surface area contributed by atoms with Crippen LogP contribution < -0.4 is 27.8 Å². The number of rotatable bonds is 12. The summed E-state index contributed by atoms with van der Waals surface area (Å²) >= 11 is 0. The van der Waals surface area contributed by atoms with Gasteiger partial charge < -0.3 is 32.9 Å². The summed E-state index contributed by atoms with van der Waals surface area (Å²) in [6, 6.07) is 3.70. The van der Waals surface area contributed by atoms with Crippen LogP contribution in [0.25, 0.3) is 0 Å². The van der Waals surface area contributed by atoms with Crippen molar-refractivity contribution >= 4 is 17.7 Å². The summed E-state index contributed by atoms with van der Waals surface area (Å²) in [5.41, 5.74) is 17.5. The lowest BCUT2D eigenvalue weighted by atomic mass is 10.0. The van der Waals surface area contributed by atoms with E-state index in [0.717, 1.165) is 5.56 Å². The van der Waals surface area contributed by atoms with Gasteiger partial charge in [0.2, 0.25) is 17.7 Å². The van der Waals surface area contributed by atoms with Gasteiger partial charge in [-0.1, -0.05) is 26.0 Å². The highest BCUT2D eigenvalue weighted by atomic mass is 16.3. The minimum Gasteiger partial charge on any atom is -0.508 e. The molecule has 1 rings (SSSR count). The van der Waals surface area contributed by atoms with Crippen molar-refractivity contribution in [3.05, 3.63) is 29.8 Å². The van der Waals surface area contributed by atoms with Crippen LogP contribution in [0.15, 0.2) is 24.3 Å². The van der Waals surface area contributed by atoms with E-state index in [1.54, 1.807) is 26.0 Å². The van der Waals surface area contributed by atoms with Crippen molar-refractivity contribution in [3.63, 3.8) is 0 Å². The predicted molar refractivity (Wildman–Crippen MR) is 111 cm³/mol. The van der Waals surface area contributed by atoms with Crippen molar-refractivity contribution in [2.45, 2.75) is 57.7 Å². The van der Waals surface area contributed by atoms with Crippen molar-refractivity contribution in [3.8, 4) is 5.75 Å². The average Bonchev–Trinajstić information content (AvgIpc) is 2.67. The average molecular weight is 408 g/mol. The van der Waals surface area contributed by atoms with Crippen LogP contribution in [0.1, 0.15) is 38.7 Å². The summed E-state index contributed by atoms with van der Waals surface area (Å²) in [7, 11) is 0. The summed E-state index contributed by atoms with van der Waals surface area (Å²) in [4.78, 5) is 37.0. The molecule has 1 aromatic rings. The molecule has 162 valence electrons. The van der Waals surface area contributed by atoms with E-state index in [9.17, 15) is 19.5 Å². The standard InChI is InChI=1S/C20H33N5O4/c1-12(2)17(22)20(29)25-16(11-13-6-8-14(26)9-7-13)19(28)24-15(18(23)27)5-3-4-10-21/h6-9,12,15-17,26H,3-5,10-11,21-22H2,1-2H3,(H2,23,27)(H,24,28)(H,25,29)/t15-,16-,17-/m0/s1. The molecule has 3 atom stereocenters. The number of aromatic hydroxyl groups is 1. The summed E-state index contributed by atoms with van der Waals surface area (Å²) in [6.45, 7) is 4.09. The predicted octanol–water partition coefficient (Wildman–Crippen LogP) is -0.498. The van der Waals surface area contributed by atoms with Crippen molar-refractivity contribution in [2.75, 3.05) is 6.54 Å². The third-order valence-electron chi connectivity index (χ3n) is 4.64. The minimum absolute atomic E-state index is 0.0920. The summed E-state index contributed by atoms with van der Waals surface area (Å²) in [6.07, 6.45) is 1.87. The van der Waals surface area contributed by atoms with E-state index in [1.807, 2.05) is 0 Å². The van der Waals surface area contributed by atoms with E-state index in [4.69, 9.17) is 17.2 Å². The van der Waals surface area contributed by atoms with Crippen LogP contribution in [-0.4, -0.2) is 47.5 Å². The molecule has 9 heteroatoms. The highest BCUT2D eigenvalue weighted by Crippen LogP contribution is 2.12. The molecule has 0 fully saturated rings. The quantitative estimate of drug-likeness (QED) is 0.255. The molecule has 1 aromatic carbocycles. The number of primary amides is 1. The minimum atomic E-state index is -0.951. The van der Waals surface area contributed by atoms with Crippen LogP contribution in [0, 0.1) is 5.92 Å². The third-order valence-corrected chi connectivity index (χ3v) is 4.64. The number of nitrogens with two attached hydrogens (primary N) is 3. The Bertz CT molecular complexity index is 678. The topological polar surface area (TPSA) is 174 Å². The molecule has 0 saturated heterocycles. The molecule has 9 nitrogen and oxygen atoms in total. The molecule has 0 saturated carbocycles. The molecule has 3 amide bonds. The molecule has 0 aliphatic carbocycles. The van der Waals surface area contributed by atoms with Gasteiger partial charge in [-0.15, -0.1) is 0 Å². The molecule has 0 radical (unpaired) electrons. The summed E-state index contributed by atoms with van der Waals surface area (Å²) in [5, 5.41) is 14.7. The number of nitrogens with one attached hydrogen (secondary N) is 2. The maximum absolute atomic E-state index is 12.8. The zero-order valence-electron chi connectivity index (χ0n) is 17.1. The number of carbonyl (C=O) groups excluding carboxylic acids is 3. The molecule has 0 bridgehead atoms. The van der Waals surface area contributed by atoms with Gasteiger partial charge >= 0.3 is 0 Å². The summed E-state index contributed by atoms with van der Waals surface area (Å²) < 4.78 is 0. The Morgan fingerprint density at radius 1 is 1.00 bits per heavy atom. The van der Waals surface area contributed by atoms with Crippen molar-refractivity contribution in [2.24, 2.45) is 23.1 Å². The normalized spacial score (nSPS) is 14.1. The molecular weight excluding hydrogens is 374 g/mol. The van der Waals surface area contributed by atoms with Crippen LogP contribution >= 0.6 is 0 Å². The first-order chi connectivity index (χ1) is 13.6. The lowest BCUT2D eigenvalue weighted by molar-refractivity contribution is -0.132. The highest BCUT2D eigenvalue weighted by Gasteiger charge is 2.28. The Morgan fingerprint density at radius 3 is 2.10 bits per heavy atom. The van der Waals surface area contributed by atoms with Gasteiger partial charge in [-0.2, -0.15) is 0 Å². The lowest BCUT2D eigenvalue weighted by Crippen LogP contribution is -2.56. The number of benzene rings is 1. The van der Waals surface area contributed by atoms with Gasteiger partial charge in [-0.25, -0.2) is 0 Å². The van der Waals surface area contributed by atoms with Gasteiger partial charge in [0.1, 0.15) is 17.8 Å². The van der Waals surface area contributed by atoms with Crippen LogP contribution in [-0.2, 0) is 20.8 Å². The van der Waals surface area contributed by atoms with E-state index in [0.29, 0.717) is 25.8 Å². The molecule has 29 heavy (non-hydrogen) atoms. The number of hydrogen-bond donors (Lipinski definition) is 6.